The average molecular weight is 258 g/mol. The fourth-order valence-electron chi connectivity index (χ4n) is 2.50. The SMILES string of the molecule is Cc1cc2c(CCC(=O)O)c3oc(C)cc3cc2o1. The maximum Gasteiger partial charge on any atom is 0.303 e. The topological polar surface area (TPSA) is 63.6 Å². The summed E-state index contributed by atoms with van der Waals surface area (Å²) in [6.45, 7) is 3.77. The summed E-state index contributed by atoms with van der Waals surface area (Å²) in [5.41, 5.74) is 2.47. The monoisotopic (exact) mass is 258 g/mol. The maximum atomic E-state index is 10.8. The Kier molecular flexibility index (Phi) is 2.59. The van der Waals surface area contributed by atoms with Gasteiger partial charge in [-0.25, -0.2) is 0 Å². The predicted molar refractivity (Wildman–Crippen MR) is 71.4 cm³/mol. The molecule has 0 unspecified atom stereocenters. The van der Waals surface area contributed by atoms with Crippen molar-refractivity contribution in [2.45, 2.75) is 26.7 Å². The molecule has 3 rings (SSSR count). The van der Waals surface area contributed by atoms with Crippen LogP contribution in [0.4, 0.5) is 0 Å². The minimum absolute atomic E-state index is 0.0815. The molecule has 3 aromatic rings. The van der Waals surface area contributed by atoms with Crippen LogP contribution >= 0.6 is 0 Å². The van der Waals surface area contributed by atoms with Crippen LogP contribution in [0.2, 0.25) is 0 Å². The van der Waals surface area contributed by atoms with Gasteiger partial charge in [0, 0.05) is 22.8 Å². The van der Waals surface area contributed by atoms with Gasteiger partial charge in [0.25, 0.3) is 0 Å². The molecule has 4 heteroatoms. The number of hydrogen-bond donors (Lipinski definition) is 1. The minimum Gasteiger partial charge on any atom is -0.481 e. The van der Waals surface area contributed by atoms with Crippen LogP contribution < -0.4 is 0 Å². The molecule has 0 saturated carbocycles. The Labute approximate surface area is 109 Å². The highest BCUT2D eigenvalue weighted by molar-refractivity contribution is 5.98. The van der Waals surface area contributed by atoms with Gasteiger partial charge in [0.1, 0.15) is 22.7 Å². The van der Waals surface area contributed by atoms with E-state index in [1.165, 1.54) is 0 Å². The lowest BCUT2D eigenvalue weighted by Gasteiger charge is -2.02. The zero-order valence-corrected chi connectivity index (χ0v) is 10.8. The van der Waals surface area contributed by atoms with Crippen molar-refractivity contribution < 1.29 is 18.7 Å². The molecule has 4 nitrogen and oxygen atoms in total. The lowest BCUT2D eigenvalue weighted by molar-refractivity contribution is -0.136. The number of benzene rings is 1. The van der Waals surface area contributed by atoms with Crippen molar-refractivity contribution in [2.75, 3.05) is 0 Å². The van der Waals surface area contributed by atoms with Crippen molar-refractivity contribution in [2.24, 2.45) is 0 Å². The highest BCUT2D eigenvalue weighted by Crippen LogP contribution is 2.33. The fraction of sp³-hybridized carbons (Fsp3) is 0.267. The molecule has 0 aliphatic heterocycles. The Morgan fingerprint density at radius 2 is 1.89 bits per heavy atom. The van der Waals surface area contributed by atoms with Crippen LogP contribution in [0.15, 0.2) is 27.0 Å². The van der Waals surface area contributed by atoms with Gasteiger partial charge < -0.3 is 13.9 Å². The first-order valence-corrected chi connectivity index (χ1v) is 6.18. The van der Waals surface area contributed by atoms with Crippen LogP contribution in [-0.4, -0.2) is 11.1 Å². The molecule has 0 radical (unpaired) electrons. The number of carboxylic acids is 1. The van der Waals surface area contributed by atoms with Crippen molar-refractivity contribution >= 4 is 27.9 Å². The number of furan rings is 2. The van der Waals surface area contributed by atoms with E-state index in [1.807, 2.05) is 32.0 Å². The van der Waals surface area contributed by atoms with Crippen molar-refractivity contribution in [3.8, 4) is 0 Å². The number of aryl methyl sites for hydroxylation is 3. The summed E-state index contributed by atoms with van der Waals surface area (Å²) in [6.07, 6.45) is 0.521. The number of hydrogen-bond acceptors (Lipinski definition) is 3. The van der Waals surface area contributed by atoms with Gasteiger partial charge in [-0.05, 0) is 38.5 Å². The molecule has 0 saturated heterocycles. The van der Waals surface area contributed by atoms with E-state index in [2.05, 4.69) is 0 Å². The summed E-state index contributed by atoms with van der Waals surface area (Å²) in [4.78, 5) is 10.8. The molecule has 2 heterocycles. The van der Waals surface area contributed by atoms with E-state index in [0.717, 1.165) is 39.0 Å². The van der Waals surface area contributed by atoms with Gasteiger partial charge in [-0.3, -0.25) is 4.79 Å². The van der Waals surface area contributed by atoms with E-state index < -0.39 is 5.97 Å². The summed E-state index contributed by atoms with van der Waals surface area (Å²) in [5, 5.41) is 10.8. The zero-order valence-electron chi connectivity index (χ0n) is 10.8. The van der Waals surface area contributed by atoms with E-state index in [-0.39, 0.29) is 6.42 Å². The predicted octanol–water partition coefficient (Wildman–Crippen LogP) is 3.81. The van der Waals surface area contributed by atoms with Gasteiger partial charge in [0.15, 0.2) is 0 Å². The summed E-state index contributed by atoms with van der Waals surface area (Å²) in [5.74, 6) is 0.820. The fourth-order valence-corrected chi connectivity index (χ4v) is 2.50. The lowest BCUT2D eigenvalue weighted by atomic mass is 10.0. The van der Waals surface area contributed by atoms with Gasteiger partial charge in [0.2, 0.25) is 0 Å². The molecule has 2 aromatic heterocycles. The zero-order chi connectivity index (χ0) is 13.6. The molecule has 19 heavy (non-hydrogen) atoms. The minimum atomic E-state index is -0.811. The van der Waals surface area contributed by atoms with Gasteiger partial charge >= 0.3 is 5.97 Å². The van der Waals surface area contributed by atoms with E-state index in [1.54, 1.807) is 0 Å². The third kappa shape index (κ3) is 1.99. The van der Waals surface area contributed by atoms with E-state index in [0.29, 0.717) is 6.42 Å². The Morgan fingerprint density at radius 1 is 1.16 bits per heavy atom. The van der Waals surface area contributed by atoms with Gasteiger partial charge in [-0.1, -0.05) is 0 Å². The largest absolute Gasteiger partial charge is 0.481 e. The molecule has 0 bridgehead atoms. The third-order valence-corrected chi connectivity index (χ3v) is 3.24. The van der Waals surface area contributed by atoms with Crippen LogP contribution in [0.25, 0.3) is 21.9 Å². The van der Waals surface area contributed by atoms with Crippen LogP contribution in [0.1, 0.15) is 23.5 Å². The summed E-state index contributed by atoms with van der Waals surface area (Å²) < 4.78 is 11.4. The number of carboxylic acid groups (broad SMARTS) is 1. The van der Waals surface area contributed by atoms with Crippen LogP contribution in [0.5, 0.6) is 0 Å². The molecule has 0 fully saturated rings. The molecular weight excluding hydrogens is 244 g/mol. The molecule has 1 aromatic carbocycles. The Morgan fingerprint density at radius 3 is 2.63 bits per heavy atom. The third-order valence-electron chi connectivity index (χ3n) is 3.24. The van der Waals surface area contributed by atoms with Crippen molar-refractivity contribution in [3.63, 3.8) is 0 Å². The number of fused-ring (bicyclic) bond motifs is 2. The smallest absolute Gasteiger partial charge is 0.303 e. The first-order chi connectivity index (χ1) is 9.04. The van der Waals surface area contributed by atoms with Gasteiger partial charge in [-0.2, -0.15) is 0 Å². The van der Waals surface area contributed by atoms with Crippen molar-refractivity contribution in [3.05, 3.63) is 35.3 Å². The van der Waals surface area contributed by atoms with E-state index in [9.17, 15) is 4.79 Å². The molecular formula is C15H14O4. The standard InChI is InChI=1S/C15H14O4/c1-8-5-10-7-13-12(6-9(2)18-13)11(15(10)19-8)3-4-14(16)17/h5-7H,3-4H2,1-2H3,(H,16,17). The lowest BCUT2D eigenvalue weighted by Crippen LogP contribution is -1.98. The molecule has 1 N–H and O–H groups in total. The number of rotatable bonds is 3. The van der Waals surface area contributed by atoms with Crippen LogP contribution in [0.3, 0.4) is 0 Å². The second-order valence-corrected chi connectivity index (χ2v) is 4.79. The Bertz CT molecular complexity index is 721. The second-order valence-electron chi connectivity index (χ2n) is 4.79. The number of carbonyl (C=O) groups is 1. The van der Waals surface area contributed by atoms with Crippen LogP contribution in [0, 0.1) is 13.8 Å². The molecule has 0 aliphatic rings. The highest BCUT2D eigenvalue weighted by Gasteiger charge is 2.15. The summed E-state index contributed by atoms with van der Waals surface area (Å²) in [7, 11) is 0. The maximum absolute atomic E-state index is 10.8. The summed E-state index contributed by atoms with van der Waals surface area (Å²) in [6, 6.07) is 5.82. The second kappa shape index (κ2) is 4.16. The van der Waals surface area contributed by atoms with Crippen molar-refractivity contribution in [1.29, 1.82) is 0 Å². The molecule has 0 spiro atoms. The molecule has 0 aliphatic carbocycles. The van der Waals surface area contributed by atoms with Gasteiger partial charge in [0.05, 0.1) is 0 Å². The molecule has 98 valence electrons. The van der Waals surface area contributed by atoms with Crippen LogP contribution in [-0.2, 0) is 11.2 Å². The highest BCUT2D eigenvalue weighted by atomic mass is 16.4. The Balaban J connectivity index is 2.28. The van der Waals surface area contributed by atoms with Gasteiger partial charge in [-0.15, -0.1) is 0 Å². The molecule has 0 amide bonds. The Hall–Kier alpha value is -2.23. The first kappa shape index (κ1) is 11.8. The first-order valence-electron chi connectivity index (χ1n) is 6.18. The summed E-state index contributed by atoms with van der Waals surface area (Å²) >= 11 is 0. The van der Waals surface area contributed by atoms with Crippen molar-refractivity contribution in [1.82, 2.24) is 0 Å². The molecule has 0 atom stereocenters. The van der Waals surface area contributed by atoms with E-state index >= 15 is 0 Å². The average Bonchev–Trinajstić information content (AvgIpc) is 2.84. The quantitative estimate of drug-likeness (QED) is 0.775. The normalized spacial score (nSPS) is 11.5. The van der Waals surface area contributed by atoms with E-state index in [4.69, 9.17) is 13.9 Å². The number of aliphatic carboxylic acids is 1.